The van der Waals surface area contributed by atoms with E-state index < -0.39 is 11.3 Å². The van der Waals surface area contributed by atoms with Crippen LogP contribution in [0.25, 0.3) is 0 Å². The van der Waals surface area contributed by atoms with Gasteiger partial charge in [0.25, 0.3) is 0 Å². The molecule has 0 aromatic heterocycles. The molecule has 30 heavy (non-hydrogen) atoms. The maximum Gasteiger partial charge on any atom is 0.234 e. The number of halogens is 1. The van der Waals surface area contributed by atoms with Gasteiger partial charge in [0.1, 0.15) is 6.07 Å². The number of nitriles is 1. The van der Waals surface area contributed by atoms with E-state index in [1.807, 2.05) is 19.1 Å². The molecule has 0 bridgehead atoms. The fourth-order valence-corrected chi connectivity index (χ4v) is 4.96. The number of nitrogens with one attached hydrogen (secondary N) is 1. The summed E-state index contributed by atoms with van der Waals surface area (Å²) in [6.45, 7) is 17.5. The van der Waals surface area contributed by atoms with Gasteiger partial charge in [-0.15, -0.1) is 0 Å². The van der Waals surface area contributed by atoms with Gasteiger partial charge < -0.3 is 5.32 Å². The van der Waals surface area contributed by atoms with E-state index in [0.717, 1.165) is 24.2 Å². The molecule has 0 amide bonds. The van der Waals surface area contributed by atoms with Crippen molar-refractivity contribution in [1.29, 1.82) is 5.26 Å². The van der Waals surface area contributed by atoms with Gasteiger partial charge >= 0.3 is 0 Å². The van der Waals surface area contributed by atoms with Crippen LogP contribution in [0, 0.1) is 24.2 Å². The molecule has 8 heteroatoms. The third kappa shape index (κ3) is 7.21. The molecule has 1 heterocycles. The summed E-state index contributed by atoms with van der Waals surface area (Å²) in [5, 5.41) is 12.7. The molecule has 170 valence electrons. The summed E-state index contributed by atoms with van der Waals surface area (Å²) in [5.74, 6) is 0.350. The molecule has 6 nitrogen and oxygen atoms in total. The lowest BCUT2D eigenvalue weighted by molar-refractivity contribution is 0.185. The van der Waals surface area contributed by atoms with E-state index in [0.29, 0.717) is 41.7 Å². The number of anilines is 1. The van der Waals surface area contributed by atoms with Gasteiger partial charge in [0.2, 0.25) is 11.3 Å². The van der Waals surface area contributed by atoms with Crippen molar-refractivity contribution < 1.29 is 8.76 Å². The van der Waals surface area contributed by atoms with Crippen molar-refractivity contribution in [2.75, 3.05) is 25.0 Å². The van der Waals surface area contributed by atoms with Crippen LogP contribution in [-0.2, 0) is 11.3 Å². The van der Waals surface area contributed by atoms with Gasteiger partial charge in [-0.25, -0.2) is 4.21 Å². The van der Waals surface area contributed by atoms with Crippen molar-refractivity contribution in [2.45, 2.75) is 73.0 Å². The minimum atomic E-state index is -1.94. The minimum absolute atomic E-state index is 0.00431. The second-order valence-electron chi connectivity index (χ2n) is 8.32. The molecule has 1 aromatic rings. The summed E-state index contributed by atoms with van der Waals surface area (Å²) in [5.41, 5.74) is 2.12. The average molecular weight is 457 g/mol. The Kier molecular flexibility index (Phi) is 11.3. The topological polar surface area (TPSA) is 79.6 Å². The van der Waals surface area contributed by atoms with Crippen LogP contribution in [0.3, 0.4) is 0 Å². The Hall–Kier alpha value is -1.17. The van der Waals surface area contributed by atoms with Crippen LogP contribution in [0.2, 0.25) is 5.02 Å². The van der Waals surface area contributed by atoms with Crippen molar-refractivity contribution in [2.24, 2.45) is 5.92 Å². The van der Waals surface area contributed by atoms with E-state index in [9.17, 15) is 8.76 Å². The average Bonchev–Trinajstić information content (AvgIpc) is 3.04. The first-order valence-electron chi connectivity index (χ1n) is 10.6. The summed E-state index contributed by atoms with van der Waals surface area (Å²) >= 11 is 4.20. The minimum Gasteiger partial charge on any atom is -0.383 e. The van der Waals surface area contributed by atoms with Crippen molar-refractivity contribution >= 4 is 28.6 Å². The largest absolute Gasteiger partial charge is 0.383 e. The lowest BCUT2D eigenvalue weighted by Crippen LogP contribution is -2.38. The van der Waals surface area contributed by atoms with Gasteiger partial charge in [-0.3, -0.25) is 9.45 Å². The molecule has 0 spiro atoms. The summed E-state index contributed by atoms with van der Waals surface area (Å²) < 4.78 is 22.2. The highest BCUT2D eigenvalue weighted by Crippen LogP contribution is 2.29. The van der Waals surface area contributed by atoms with E-state index in [1.165, 1.54) is 0 Å². The van der Waals surface area contributed by atoms with Gasteiger partial charge in [0.15, 0.2) is 0 Å². The summed E-state index contributed by atoms with van der Waals surface area (Å²) in [6.07, 6.45) is 0.908. The molecule has 0 saturated carbocycles. The molecule has 1 aliphatic heterocycles. The first-order valence-corrected chi connectivity index (χ1v) is 12.1. The first kappa shape index (κ1) is 26.9. The van der Waals surface area contributed by atoms with Gasteiger partial charge in [-0.2, -0.15) is 9.57 Å². The van der Waals surface area contributed by atoms with E-state index in [2.05, 4.69) is 51.8 Å². The molecule has 3 atom stereocenters. The Morgan fingerprint density at radius 2 is 1.97 bits per heavy atom. The summed E-state index contributed by atoms with van der Waals surface area (Å²) in [4.78, 5) is 2.46. The molecule has 1 aromatic carbocycles. The molecule has 2 N–H and O–H groups in total. The SMILES string of the molecule is CCN(C(C)C)C(C)C.Cc1c(NC[C@@H]2[C@@H](C)CCN2S(=O)O)ccc(C#N)c1Cl. The van der Waals surface area contributed by atoms with E-state index in [4.69, 9.17) is 16.9 Å². The Morgan fingerprint density at radius 3 is 2.40 bits per heavy atom. The highest BCUT2D eigenvalue weighted by molar-refractivity contribution is 7.76. The van der Waals surface area contributed by atoms with Gasteiger partial charge in [0, 0.05) is 36.9 Å². The van der Waals surface area contributed by atoms with Crippen molar-refractivity contribution in [3.63, 3.8) is 0 Å². The molecular formula is C22H37ClN4O2S. The zero-order valence-electron chi connectivity index (χ0n) is 19.3. The lowest BCUT2D eigenvalue weighted by Gasteiger charge is -2.28. The molecule has 2 rings (SSSR count). The second kappa shape index (κ2) is 12.6. The monoisotopic (exact) mass is 456 g/mol. The number of benzene rings is 1. The summed E-state index contributed by atoms with van der Waals surface area (Å²) in [7, 11) is 0. The second-order valence-corrected chi connectivity index (χ2v) is 9.62. The smallest absolute Gasteiger partial charge is 0.234 e. The Labute approximate surface area is 190 Å². The van der Waals surface area contributed by atoms with E-state index >= 15 is 0 Å². The van der Waals surface area contributed by atoms with Crippen LogP contribution >= 0.6 is 11.6 Å². The predicted octanol–water partition coefficient (Wildman–Crippen LogP) is 4.90. The summed E-state index contributed by atoms with van der Waals surface area (Å²) in [6, 6.07) is 6.93. The zero-order chi connectivity index (χ0) is 23.0. The quantitative estimate of drug-likeness (QED) is 0.570. The van der Waals surface area contributed by atoms with Crippen molar-refractivity contribution in [3.05, 3.63) is 28.3 Å². The Bertz CT molecular complexity index is 743. The van der Waals surface area contributed by atoms with Crippen LogP contribution < -0.4 is 5.32 Å². The van der Waals surface area contributed by atoms with Gasteiger partial charge in [-0.05, 0) is 71.2 Å². The molecule has 1 fully saturated rings. The molecule has 1 aliphatic rings. The normalized spacial score (nSPS) is 20.2. The van der Waals surface area contributed by atoms with E-state index in [-0.39, 0.29) is 6.04 Å². The maximum absolute atomic E-state index is 11.3. The third-order valence-corrected chi connectivity index (χ3v) is 7.07. The number of rotatable bonds is 7. The molecule has 1 saturated heterocycles. The number of hydrogen-bond acceptors (Lipinski definition) is 4. The third-order valence-electron chi connectivity index (χ3n) is 5.73. The Morgan fingerprint density at radius 1 is 1.37 bits per heavy atom. The highest BCUT2D eigenvalue weighted by atomic mass is 35.5. The predicted molar refractivity (Wildman–Crippen MR) is 127 cm³/mol. The van der Waals surface area contributed by atoms with Crippen LogP contribution in [0.15, 0.2) is 12.1 Å². The Balaban J connectivity index is 0.000000424. The molecule has 0 radical (unpaired) electrons. The standard InChI is InChI=1S/C14H18ClN3O2S.C8H19N/c1-9-5-6-18(21(19)20)13(9)8-17-12-4-3-11(7-16)14(15)10(12)2;1-6-9(7(2)3)8(4)5/h3-4,9,13,17H,5-6,8H2,1-2H3,(H,19,20);7-8H,6H2,1-5H3/t9-,13+;/m0./s1. The van der Waals surface area contributed by atoms with Gasteiger partial charge in [-0.1, -0.05) is 25.4 Å². The molecular weight excluding hydrogens is 420 g/mol. The number of nitrogens with zero attached hydrogens (tertiary/aromatic N) is 3. The van der Waals surface area contributed by atoms with Crippen LogP contribution in [-0.4, -0.2) is 55.7 Å². The molecule has 0 aliphatic carbocycles. The first-order chi connectivity index (χ1) is 14.0. The van der Waals surface area contributed by atoms with Crippen molar-refractivity contribution in [1.82, 2.24) is 9.21 Å². The van der Waals surface area contributed by atoms with E-state index in [1.54, 1.807) is 10.4 Å². The lowest BCUT2D eigenvalue weighted by atomic mass is 10.0. The fourth-order valence-electron chi connectivity index (χ4n) is 3.97. The van der Waals surface area contributed by atoms with Gasteiger partial charge in [0.05, 0.1) is 10.6 Å². The van der Waals surface area contributed by atoms with Crippen LogP contribution in [0.1, 0.15) is 59.1 Å². The molecule has 1 unspecified atom stereocenters. The fraction of sp³-hybridized carbons (Fsp3) is 0.682. The van der Waals surface area contributed by atoms with Crippen molar-refractivity contribution in [3.8, 4) is 6.07 Å². The zero-order valence-corrected chi connectivity index (χ0v) is 20.8. The number of hydrogen-bond donors (Lipinski definition) is 2. The van der Waals surface area contributed by atoms with Crippen LogP contribution in [0.4, 0.5) is 5.69 Å². The highest BCUT2D eigenvalue weighted by Gasteiger charge is 2.34. The van der Waals surface area contributed by atoms with Crippen LogP contribution in [0.5, 0.6) is 0 Å². The maximum atomic E-state index is 11.3.